The fourth-order valence-corrected chi connectivity index (χ4v) is 16.1. The third-order valence-electron chi connectivity index (χ3n) is 14.7. The van der Waals surface area contributed by atoms with Gasteiger partial charge in [-0.25, -0.2) is 4.79 Å². The lowest BCUT2D eigenvalue weighted by Crippen LogP contribution is -2.83. The van der Waals surface area contributed by atoms with E-state index in [2.05, 4.69) is 36.4 Å². The van der Waals surface area contributed by atoms with Gasteiger partial charge in [-0.2, -0.15) is 0 Å². The SMILES string of the molecule is CC(=O)O[C@@]12CO[C@@H]1C[C@H](O[Si](Cc1ccccc1)(Cc1ccccc1)Cc1ccccc1)[C@@]1(C)C(=O)C(=O)C3C(C)[C@@H](O)C[C@@](O)([C@@H](OC(=O)c4ccccc4)C12)C3(C)C. The van der Waals surface area contributed by atoms with Crippen LogP contribution >= 0.6 is 0 Å². The van der Waals surface area contributed by atoms with Crippen molar-refractivity contribution < 1.29 is 48.0 Å². The molecule has 3 saturated carbocycles. The molecule has 4 aliphatic rings. The number of carbonyl (C=O) groups excluding carboxylic acids is 4. The van der Waals surface area contributed by atoms with Crippen molar-refractivity contribution in [2.24, 2.45) is 28.6 Å². The highest BCUT2D eigenvalue weighted by Crippen LogP contribution is 2.65. The van der Waals surface area contributed by atoms with Crippen LogP contribution in [0.25, 0.3) is 0 Å². The van der Waals surface area contributed by atoms with Gasteiger partial charge in [0, 0.05) is 31.1 Å². The molecule has 61 heavy (non-hydrogen) atoms. The van der Waals surface area contributed by atoms with E-state index in [0.29, 0.717) is 18.1 Å². The third-order valence-corrected chi connectivity index (χ3v) is 18.7. The van der Waals surface area contributed by atoms with E-state index in [1.54, 1.807) is 58.0 Å². The van der Waals surface area contributed by atoms with E-state index in [0.717, 1.165) is 16.7 Å². The Morgan fingerprint density at radius 3 is 1.74 bits per heavy atom. The van der Waals surface area contributed by atoms with Crippen molar-refractivity contribution in [3.05, 3.63) is 144 Å². The van der Waals surface area contributed by atoms with Gasteiger partial charge < -0.3 is 28.8 Å². The molecule has 320 valence electrons. The summed E-state index contributed by atoms with van der Waals surface area (Å²) in [5.74, 6) is -6.21. The highest BCUT2D eigenvalue weighted by Gasteiger charge is 2.79. The number of aliphatic hydroxyl groups excluding tert-OH is 1. The van der Waals surface area contributed by atoms with Gasteiger partial charge in [0.1, 0.15) is 17.8 Å². The molecule has 3 aliphatic carbocycles. The zero-order chi connectivity index (χ0) is 43.4. The van der Waals surface area contributed by atoms with E-state index >= 15 is 9.59 Å². The first-order valence-electron chi connectivity index (χ1n) is 21.4. The highest BCUT2D eigenvalue weighted by molar-refractivity contribution is 6.72. The molecule has 10 nitrogen and oxygen atoms in total. The molecule has 3 unspecified atom stereocenters. The molecule has 4 aromatic rings. The molecular formula is C50H56O10Si. The van der Waals surface area contributed by atoms with Crippen LogP contribution in [0.4, 0.5) is 0 Å². The molecule has 1 saturated heterocycles. The van der Waals surface area contributed by atoms with Crippen LogP contribution in [0.5, 0.6) is 0 Å². The van der Waals surface area contributed by atoms with Gasteiger partial charge in [0.15, 0.2) is 5.60 Å². The Balaban J connectivity index is 1.37. The minimum atomic E-state index is -3.24. The third kappa shape index (κ3) is 7.31. The van der Waals surface area contributed by atoms with Gasteiger partial charge in [0.2, 0.25) is 19.9 Å². The number of ether oxygens (including phenoxy) is 3. The van der Waals surface area contributed by atoms with Gasteiger partial charge in [-0.15, -0.1) is 0 Å². The molecule has 2 N–H and O–H groups in total. The Morgan fingerprint density at radius 1 is 0.787 bits per heavy atom. The average Bonchev–Trinajstić information content (AvgIpc) is 3.23. The molecule has 10 atom stereocenters. The summed E-state index contributed by atoms with van der Waals surface area (Å²) in [6.45, 7) is 7.87. The van der Waals surface area contributed by atoms with Gasteiger partial charge in [0.05, 0.1) is 35.7 Å². The zero-order valence-corrected chi connectivity index (χ0v) is 36.5. The summed E-state index contributed by atoms with van der Waals surface area (Å²) < 4.78 is 27.1. The maximum absolute atomic E-state index is 15.9. The molecule has 1 aliphatic heterocycles. The summed E-state index contributed by atoms with van der Waals surface area (Å²) in [7, 11) is -3.24. The largest absolute Gasteiger partial charge is 0.455 e. The van der Waals surface area contributed by atoms with Crippen molar-refractivity contribution in [3.8, 4) is 0 Å². The second-order valence-corrected chi connectivity index (χ2v) is 22.4. The number of esters is 2. The number of aliphatic hydroxyl groups is 2. The van der Waals surface area contributed by atoms with E-state index in [1.807, 2.05) is 54.6 Å². The number of rotatable bonds is 11. The lowest BCUT2D eigenvalue weighted by Gasteiger charge is -2.68. The summed E-state index contributed by atoms with van der Waals surface area (Å²) in [5.41, 5.74) is -3.64. The number of Topliss-reactive ketones (excluding diaryl/α,β-unsaturated/α-hetero) is 2. The molecule has 0 amide bonds. The number of hydrogen-bond donors (Lipinski definition) is 2. The van der Waals surface area contributed by atoms with Crippen LogP contribution < -0.4 is 0 Å². The van der Waals surface area contributed by atoms with E-state index in [4.69, 9.17) is 18.6 Å². The van der Waals surface area contributed by atoms with Gasteiger partial charge in [-0.05, 0) is 59.8 Å². The molecule has 0 aromatic heterocycles. The first kappa shape index (κ1) is 42.9. The standard InChI is InChI=1S/C50H56O10Si/c1-32-38(52)27-50(56)45(58-46(55)37-24-16-9-17-25-37)43-48(5,44(54)42(53)41(32)47(50,3)4)39(26-40-49(43,31-57-40)59-33(2)51)60-61(28-34-18-10-6-11-19-34,29-35-20-12-7-13-21-35)30-36-22-14-8-15-23-36/h6-25,32,38-41,43,45,52,56H,26-31H2,1-5H3/t32?,38-,39-,40+,41?,43?,45-,48+,49-,50+/m0/s1. The van der Waals surface area contributed by atoms with Crippen LogP contribution in [0.15, 0.2) is 121 Å². The number of fused-ring (bicyclic) bond motifs is 5. The van der Waals surface area contributed by atoms with Crippen LogP contribution in [0.2, 0.25) is 0 Å². The Bertz CT molecular complexity index is 2150. The second kappa shape index (κ2) is 16.2. The first-order chi connectivity index (χ1) is 29.0. The average molecular weight is 845 g/mol. The quantitative estimate of drug-likeness (QED) is 0.0970. The van der Waals surface area contributed by atoms with Crippen molar-refractivity contribution in [1.82, 2.24) is 0 Å². The van der Waals surface area contributed by atoms with E-state index in [9.17, 15) is 19.8 Å². The van der Waals surface area contributed by atoms with Gasteiger partial charge in [0.25, 0.3) is 0 Å². The molecule has 8 rings (SSSR count). The number of ketones is 2. The molecule has 0 radical (unpaired) electrons. The fraction of sp³-hybridized carbons (Fsp3) is 0.440. The summed E-state index contributed by atoms with van der Waals surface area (Å²) in [6.07, 6.45) is -4.91. The molecule has 4 fully saturated rings. The second-order valence-electron chi connectivity index (χ2n) is 18.8. The number of hydrogen-bond acceptors (Lipinski definition) is 10. The normalized spacial score (nSPS) is 32.9. The lowest BCUT2D eigenvalue weighted by atomic mass is 9.42. The number of benzene rings is 4. The van der Waals surface area contributed by atoms with E-state index in [1.165, 1.54) is 6.92 Å². The topological polar surface area (TPSA) is 146 Å². The van der Waals surface area contributed by atoms with Crippen molar-refractivity contribution >= 4 is 31.8 Å². The highest BCUT2D eigenvalue weighted by atomic mass is 28.4. The molecule has 1 heterocycles. The van der Waals surface area contributed by atoms with Gasteiger partial charge in [-0.3, -0.25) is 14.4 Å². The van der Waals surface area contributed by atoms with Crippen LogP contribution in [-0.2, 0) is 51.2 Å². The minimum absolute atomic E-state index is 0.0798. The molecule has 2 bridgehead atoms. The smallest absolute Gasteiger partial charge is 0.338 e. The molecule has 4 aromatic carbocycles. The Labute approximate surface area is 358 Å². The van der Waals surface area contributed by atoms with Crippen LogP contribution in [0, 0.1) is 28.6 Å². The lowest BCUT2D eigenvalue weighted by molar-refractivity contribution is -0.348. The monoisotopic (exact) mass is 844 g/mol. The predicted octanol–water partition coefficient (Wildman–Crippen LogP) is 6.54. The van der Waals surface area contributed by atoms with Crippen molar-refractivity contribution in [3.63, 3.8) is 0 Å². The zero-order valence-electron chi connectivity index (χ0n) is 35.5. The minimum Gasteiger partial charge on any atom is -0.455 e. The summed E-state index contributed by atoms with van der Waals surface area (Å²) in [5, 5.41) is 25.2. The Hall–Kier alpha value is -4.78. The summed E-state index contributed by atoms with van der Waals surface area (Å²) >= 11 is 0. The maximum atomic E-state index is 15.9. The molecule has 11 heteroatoms. The molecular weight excluding hydrogens is 789 g/mol. The summed E-state index contributed by atoms with van der Waals surface area (Å²) in [6, 6.07) is 40.3. The summed E-state index contributed by atoms with van der Waals surface area (Å²) in [4.78, 5) is 58.9. The number of carbonyl (C=O) groups is 4. The Morgan fingerprint density at radius 2 is 1.28 bits per heavy atom. The van der Waals surface area contributed by atoms with Crippen LogP contribution in [0.3, 0.4) is 0 Å². The van der Waals surface area contributed by atoms with Crippen LogP contribution in [0.1, 0.15) is 74.5 Å². The van der Waals surface area contributed by atoms with Crippen molar-refractivity contribution in [2.75, 3.05) is 6.61 Å². The van der Waals surface area contributed by atoms with Crippen molar-refractivity contribution in [2.45, 2.75) is 101 Å². The predicted molar refractivity (Wildman–Crippen MR) is 229 cm³/mol. The maximum Gasteiger partial charge on any atom is 0.338 e. The first-order valence-corrected chi connectivity index (χ1v) is 23.9. The molecule has 0 spiro atoms. The Kier molecular flexibility index (Phi) is 11.4. The fourth-order valence-electron chi connectivity index (χ4n) is 11.6. The van der Waals surface area contributed by atoms with Gasteiger partial charge >= 0.3 is 11.9 Å². The van der Waals surface area contributed by atoms with Gasteiger partial charge in [-0.1, -0.05) is 130 Å². The van der Waals surface area contributed by atoms with E-state index in [-0.39, 0.29) is 25.0 Å². The van der Waals surface area contributed by atoms with Crippen molar-refractivity contribution in [1.29, 1.82) is 0 Å². The van der Waals surface area contributed by atoms with E-state index < -0.39 is 96.0 Å². The van der Waals surface area contributed by atoms with Crippen LogP contribution in [-0.4, -0.2) is 84.3 Å².